The van der Waals surface area contributed by atoms with Crippen LogP contribution in [0.4, 0.5) is 0 Å². The molecule has 66 valence electrons. The van der Waals surface area contributed by atoms with Gasteiger partial charge in [-0.25, -0.2) is 4.98 Å². The molecule has 0 spiro atoms. The fraction of sp³-hybridized carbons (Fsp3) is 0.375. The highest BCUT2D eigenvalue weighted by molar-refractivity contribution is 5.23. The Morgan fingerprint density at radius 2 is 2.42 bits per heavy atom. The normalized spacial score (nSPS) is 12.6. The lowest BCUT2D eigenvalue weighted by Gasteiger charge is -2.09. The number of hydrogen-bond acceptors (Lipinski definition) is 4. The van der Waals surface area contributed by atoms with Gasteiger partial charge in [-0.1, -0.05) is 0 Å². The van der Waals surface area contributed by atoms with E-state index in [2.05, 4.69) is 4.98 Å². The maximum absolute atomic E-state index is 5.71. The summed E-state index contributed by atoms with van der Waals surface area (Å²) < 4.78 is 4.94. The maximum Gasteiger partial charge on any atom is 0.213 e. The molecule has 0 aliphatic carbocycles. The topological polar surface area (TPSA) is 74.2 Å². The second-order valence-corrected chi connectivity index (χ2v) is 2.47. The standard InChI is InChI=1S/C8H13N3O/c1-12-8-4-6(2-3-11-8)7(10)5-9/h2-4,7H,5,9-10H2,1H3. The van der Waals surface area contributed by atoms with Crippen molar-refractivity contribution < 1.29 is 4.74 Å². The van der Waals surface area contributed by atoms with Crippen LogP contribution in [0.2, 0.25) is 0 Å². The van der Waals surface area contributed by atoms with Gasteiger partial charge in [0.25, 0.3) is 0 Å². The van der Waals surface area contributed by atoms with E-state index in [1.54, 1.807) is 19.4 Å². The zero-order valence-corrected chi connectivity index (χ0v) is 7.03. The number of pyridine rings is 1. The molecule has 4 N–H and O–H groups in total. The van der Waals surface area contributed by atoms with Crippen LogP contribution in [0.15, 0.2) is 18.3 Å². The first-order chi connectivity index (χ1) is 5.77. The molecule has 1 heterocycles. The molecule has 1 aromatic heterocycles. The third-order valence-electron chi connectivity index (χ3n) is 1.65. The van der Waals surface area contributed by atoms with Crippen molar-refractivity contribution in [3.05, 3.63) is 23.9 Å². The summed E-state index contributed by atoms with van der Waals surface area (Å²) in [6.07, 6.45) is 1.66. The number of methoxy groups -OCH3 is 1. The summed E-state index contributed by atoms with van der Waals surface area (Å²) in [7, 11) is 1.57. The Kier molecular flexibility index (Phi) is 3.01. The van der Waals surface area contributed by atoms with Crippen LogP contribution in [0.1, 0.15) is 11.6 Å². The Hall–Kier alpha value is -1.13. The fourth-order valence-electron chi connectivity index (χ4n) is 0.903. The van der Waals surface area contributed by atoms with E-state index in [9.17, 15) is 0 Å². The van der Waals surface area contributed by atoms with Crippen LogP contribution in [0.25, 0.3) is 0 Å². The van der Waals surface area contributed by atoms with Crippen LogP contribution in [-0.2, 0) is 0 Å². The van der Waals surface area contributed by atoms with E-state index in [1.165, 1.54) is 0 Å². The summed E-state index contributed by atoms with van der Waals surface area (Å²) in [5.74, 6) is 0.566. The Balaban J connectivity index is 2.86. The van der Waals surface area contributed by atoms with Crippen molar-refractivity contribution in [1.82, 2.24) is 4.98 Å². The first-order valence-electron chi connectivity index (χ1n) is 3.73. The van der Waals surface area contributed by atoms with E-state index < -0.39 is 0 Å². The molecule has 0 radical (unpaired) electrons. The van der Waals surface area contributed by atoms with E-state index >= 15 is 0 Å². The van der Waals surface area contributed by atoms with Crippen molar-refractivity contribution >= 4 is 0 Å². The van der Waals surface area contributed by atoms with Gasteiger partial charge < -0.3 is 16.2 Å². The molecule has 0 saturated carbocycles. The van der Waals surface area contributed by atoms with Crippen LogP contribution >= 0.6 is 0 Å². The van der Waals surface area contributed by atoms with Gasteiger partial charge in [0.2, 0.25) is 5.88 Å². The van der Waals surface area contributed by atoms with Gasteiger partial charge in [-0.05, 0) is 11.6 Å². The van der Waals surface area contributed by atoms with Crippen molar-refractivity contribution in [2.45, 2.75) is 6.04 Å². The number of nitrogens with two attached hydrogens (primary N) is 2. The number of ether oxygens (including phenoxy) is 1. The molecular formula is C8H13N3O. The van der Waals surface area contributed by atoms with E-state index in [0.29, 0.717) is 12.4 Å². The van der Waals surface area contributed by atoms with Crippen molar-refractivity contribution in [3.63, 3.8) is 0 Å². The number of nitrogens with zero attached hydrogens (tertiary/aromatic N) is 1. The predicted octanol–water partition coefficient (Wildman–Crippen LogP) is 0.0487. The van der Waals surface area contributed by atoms with Gasteiger partial charge in [0.05, 0.1) is 7.11 Å². The van der Waals surface area contributed by atoms with Crippen LogP contribution in [0.3, 0.4) is 0 Å². The van der Waals surface area contributed by atoms with Gasteiger partial charge in [0.1, 0.15) is 0 Å². The highest BCUT2D eigenvalue weighted by Crippen LogP contribution is 2.13. The molecule has 0 aromatic carbocycles. The SMILES string of the molecule is COc1cc(C(N)CN)ccn1. The predicted molar refractivity (Wildman–Crippen MR) is 46.8 cm³/mol. The summed E-state index contributed by atoms with van der Waals surface area (Å²) >= 11 is 0. The highest BCUT2D eigenvalue weighted by Gasteiger charge is 2.04. The number of aromatic nitrogens is 1. The fourth-order valence-corrected chi connectivity index (χ4v) is 0.903. The number of rotatable bonds is 3. The van der Waals surface area contributed by atoms with E-state index in [4.69, 9.17) is 16.2 Å². The molecule has 0 saturated heterocycles. The Morgan fingerprint density at radius 1 is 1.67 bits per heavy atom. The molecule has 1 atom stereocenters. The van der Waals surface area contributed by atoms with Crippen LogP contribution < -0.4 is 16.2 Å². The highest BCUT2D eigenvalue weighted by atomic mass is 16.5. The molecule has 12 heavy (non-hydrogen) atoms. The summed E-state index contributed by atoms with van der Waals surface area (Å²) in [6, 6.07) is 3.49. The van der Waals surface area contributed by atoms with Gasteiger partial charge in [-0.2, -0.15) is 0 Å². The molecule has 1 rings (SSSR count). The first kappa shape index (κ1) is 8.96. The lowest BCUT2D eigenvalue weighted by atomic mass is 10.1. The first-order valence-corrected chi connectivity index (χ1v) is 3.73. The summed E-state index contributed by atoms with van der Waals surface area (Å²) in [5.41, 5.74) is 12.1. The number of hydrogen-bond donors (Lipinski definition) is 2. The molecule has 1 aromatic rings. The lowest BCUT2D eigenvalue weighted by molar-refractivity contribution is 0.397. The van der Waals surface area contributed by atoms with E-state index in [1.807, 2.05) is 6.07 Å². The van der Waals surface area contributed by atoms with Gasteiger partial charge in [-0.15, -0.1) is 0 Å². The Bertz CT molecular complexity index is 252. The van der Waals surface area contributed by atoms with Crippen LogP contribution in [0.5, 0.6) is 5.88 Å². The Labute approximate surface area is 71.5 Å². The quantitative estimate of drug-likeness (QED) is 0.667. The van der Waals surface area contributed by atoms with Gasteiger partial charge in [0.15, 0.2) is 0 Å². The molecule has 4 heteroatoms. The second-order valence-electron chi connectivity index (χ2n) is 2.47. The molecule has 1 unspecified atom stereocenters. The minimum absolute atomic E-state index is 0.137. The largest absolute Gasteiger partial charge is 0.481 e. The van der Waals surface area contributed by atoms with Crippen LogP contribution in [-0.4, -0.2) is 18.6 Å². The minimum Gasteiger partial charge on any atom is -0.481 e. The average molecular weight is 167 g/mol. The molecule has 4 nitrogen and oxygen atoms in total. The monoisotopic (exact) mass is 167 g/mol. The third kappa shape index (κ3) is 1.93. The molecular weight excluding hydrogens is 154 g/mol. The molecule has 0 bridgehead atoms. The molecule has 0 aliphatic rings. The van der Waals surface area contributed by atoms with Gasteiger partial charge in [0, 0.05) is 24.8 Å². The summed E-state index contributed by atoms with van der Waals surface area (Å²) in [4.78, 5) is 3.96. The van der Waals surface area contributed by atoms with E-state index in [0.717, 1.165) is 5.56 Å². The molecule has 0 fully saturated rings. The second kappa shape index (κ2) is 4.04. The van der Waals surface area contributed by atoms with Gasteiger partial charge in [-0.3, -0.25) is 0 Å². The molecule has 0 aliphatic heterocycles. The van der Waals surface area contributed by atoms with Crippen molar-refractivity contribution in [2.75, 3.05) is 13.7 Å². The van der Waals surface area contributed by atoms with Crippen molar-refractivity contribution in [3.8, 4) is 5.88 Å². The minimum atomic E-state index is -0.137. The Morgan fingerprint density at radius 3 is 3.00 bits per heavy atom. The van der Waals surface area contributed by atoms with Crippen molar-refractivity contribution in [1.29, 1.82) is 0 Å². The lowest BCUT2D eigenvalue weighted by Crippen LogP contribution is -2.20. The third-order valence-corrected chi connectivity index (χ3v) is 1.65. The van der Waals surface area contributed by atoms with Crippen molar-refractivity contribution in [2.24, 2.45) is 11.5 Å². The van der Waals surface area contributed by atoms with Gasteiger partial charge >= 0.3 is 0 Å². The summed E-state index contributed by atoms with van der Waals surface area (Å²) in [5, 5.41) is 0. The molecule has 0 amide bonds. The van der Waals surface area contributed by atoms with E-state index in [-0.39, 0.29) is 6.04 Å². The maximum atomic E-state index is 5.71. The summed E-state index contributed by atoms with van der Waals surface area (Å²) in [6.45, 7) is 0.424. The van der Waals surface area contributed by atoms with Crippen LogP contribution in [0, 0.1) is 0 Å². The smallest absolute Gasteiger partial charge is 0.213 e. The average Bonchev–Trinajstić information content (AvgIpc) is 2.17. The zero-order valence-electron chi connectivity index (χ0n) is 7.03. The zero-order chi connectivity index (χ0) is 8.97.